The van der Waals surface area contributed by atoms with Crippen LogP contribution in [0.1, 0.15) is 106 Å². The van der Waals surface area contributed by atoms with Gasteiger partial charge in [-0.3, -0.25) is 0 Å². The molecule has 32 heavy (non-hydrogen) atoms. The predicted molar refractivity (Wildman–Crippen MR) is 131 cm³/mol. The minimum atomic E-state index is -0.158. The Morgan fingerprint density at radius 2 is 1.56 bits per heavy atom. The molecule has 0 aromatic carbocycles. The fraction of sp³-hybridized carbons (Fsp3) is 0.900. The Labute approximate surface area is 197 Å². The highest BCUT2D eigenvalue weighted by Crippen LogP contribution is 2.77. The number of aldehydes is 1. The molecule has 1 N–H and O–H groups in total. The normalized spacial score (nSPS) is 56.3. The molecule has 0 spiro atoms. The Morgan fingerprint density at radius 3 is 2.22 bits per heavy atom. The fourth-order valence-corrected chi connectivity index (χ4v) is 11.4. The molecule has 0 unspecified atom stereocenters. The van der Waals surface area contributed by atoms with Crippen molar-refractivity contribution in [3.63, 3.8) is 0 Å². The molecule has 5 rings (SSSR count). The molecule has 2 nitrogen and oxygen atoms in total. The van der Waals surface area contributed by atoms with E-state index in [1.54, 1.807) is 0 Å². The summed E-state index contributed by atoms with van der Waals surface area (Å²) in [6.45, 7) is 19.2. The number of allylic oxidation sites excluding steroid dienone is 1. The van der Waals surface area contributed by atoms with E-state index in [1.807, 2.05) is 0 Å². The maximum atomic E-state index is 12.6. The average Bonchev–Trinajstić information content (AvgIpc) is 3.12. The van der Waals surface area contributed by atoms with Gasteiger partial charge in [-0.25, -0.2) is 0 Å². The van der Waals surface area contributed by atoms with Crippen LogP contribution in [0.4, 0.5) is 0 Å². The van der Waals surface area contributed by atoms with Crippen molar-refractivity contribution in [1.29, 1.82) is 0 Å². The van der Waals surface area contributed by atoms with Crippen molar-refractivity contribution in [2.75, 3.05) is 0 Å². The Bertz CT molecular complexity index is 814. The highest BCUT2D eigenvalue weighted by molar-refractivity contribution is 5.62. The lowest BCUT2D eigenvalue weighted by Gasteiger charge is -2.72. The Hall–Kier alpha value is -0.630. The second-order valence-corrected chi connectivity index (χ2v) is 14.4. The van der Waals surface area contributed by atoms with Crippen molar-refractivity contribution in [3.8, 4) is 0 Å². The average molecular weight is 441 g/mol. The number of aliphatic hydroxyl groups excluding tert-OH is 1. The fourth-order valence-electron chi connectivity index (χ4n) is 11.4. The topological polar surface area (TPSA) is 37.3 Å². The summed E-state index contributed by atoms with van der Waals surface area (Å²) in [6, 6.07) is 0. The molecule has 5 aliphatic carbocycles. The quantitative estimate of drug-likeness (QED) is 0.364. The lowest BCUT2D eigenvalue weighted by molar-refractivity contribution is -0.245. The summed E-state index contributed by atoms with van der Waals surface area (Å²) in [5, 5.41) is 10.9. The maximum Gasteiger partial charge on any atom is 0.126 e. The standard InChI is InChI=1S/C30H48O2/c1-19(2)20-10-15-30(18-31)17-16-28(6)21(25(20)30)8-9-23-27(5)13-12-24(32)26(3,4)22(27)11-14-29(23,28)7/h18,20-25,32H,1,8-17H2,2-7H3/t20-,21+,22-,23-,24+,25+,27-,28+,29+,30+/m0/s1. The van der Waals surface area contributed by atoms with Gasteiger partial charge in [-0.15, -0.1) is 0 Å². The van der Waals surface area contributed by atoms with Crippen LogP contribution in [-0.4, -0.2) is 17.5 Å². The molecule has 10 atom stereocenters. The van der Waals surface area contributed by atoms with Crippen LogP contribution in [0.25, 0.3) is 0 Å². The van der Waals surface area contributed by atoms with Crippen LogP contribution in [0.5, 0.6) is 0 Å². The molecule has 0 aromatic rings. The molecule has 5 fully saturated rings. The third-order valence-corrected chi connectivity index (χ3v) is 13.3. The van der Waals surface area contributed by atoms with E-state index in [9.17, 15) is 9.90 Å². The number of rotatable bonds is 2. The Kier molecular flexibility index (Phi) is 5.03. The van der Waals surface area contributed by atoms with Gasteiger partial charge < -0.3 is 9.90 Å². The number of fused-ring (bicyclic) bond motifs is 7. The predicted octanol–water partition coefficient (Wildman–Crippen LogP) is 7.20. The van der Waals surface area contributed by atoms with Gasteiger partial charge in [0.25, 0.3) is 0 Å². The molecule has 0 bridgehead atoms. The van der Waals surface area contributed by atoms with Crippen LogP contribution in [0, 0.1) is 56.7 Å². The SMILES string of the molecule is C=C(C)[C@@H]1CC[C@]2(C=O)CC[C@]3(C)[C@H](CC[C@H]4[C@@]5(C)CC[C@@H](O)C(C)(C)[C@@H]5CC[C@]43C)[C@@H]12. The van der Waals surface area contributed by atoms with Crippen molar-refractivity contribution >= 4 is 6.29 Å². The largest absolute Gasteiger partial charge is 0.393 e. The van der Waals surface area contributed by atoms with Crippen LogP contribution in [0.15, 0.2) is 12.2 Å². The molecule has 0 aromatic heterocycles. The molecule has 0 saturated heterocycles. The molecular formula is C30H48O2. The molecule has 0 heterocycles. The number of hydrogen-bond acceptors (Lipinski definition) is 2. The maximum absolute atomic E-state index is 12.6. The van der Waals surface area contributed by atoms with Gasteiger partial charge in [-0.1, -0.05) is 46.8 Å². The Morgan fingerprint density at radius 1 is 0.844 bits per heavy atom. The molecule has 180 valence electrons. The summed E-state index contributed by atoms with van der Waals surface area (Å²) in [7, 11) is 0. The van der Waals surface area contributed by atoms with Gasteiger partial charge in [0, 0.05) is 5.41 Å². The summed E-state index contributed by atoms with van der Waals surface area (Å²) >= 11 is 0. The summed E-state index contributed by atoms with van der Waals surface area (Å²) in [5.74, 6) is 3.03. The molecule has 2 heteroatoms. The third-order valence-electron chi connectivity index (χ3n) is 13.3. The molecule has 5 aliphatic rings. The minimum absolute atomic E-state index is 0.0157. The molecule has 0 amide bonds. The van der Waals surface area contributed by atoms with Gasteiger partial charge in [0.15, 0.2) is 0 Å². The molecule has 0 aliphatic heterocycles. The van der Waals surface area contributed by atoms with E-state index in [-0.39, 0.29) is 16.9 Å². The van der Waals surface area contributed by atoms with Gasteiger partial charge in [0.2, 0.25) is 0 Å². The van der Waals surface area contributed by atoms with Gasteiger partial charge in [0.1, 0.15) is 6.29 Å². The highest BCUT2D eigenvalue weighted by Gasteiger charge is 2.70. The lowest BCUT2D eigenvalue weighted by Crippen LogP contribution is -2.66. The second-order valence-electron chi connectivity index (χ2n) is 14.4. The van der Waals surface area contributed by atoms with E-state index in [0.717, 1.165) is 31.6 Å². The zero-order valence-corrected chi connectivity index (χ0v) is 21.7. The molecule has 0 radical (unpaired) electrons. The van der Waals surface area contributed by atoms with Crippen molar-refractivity contribution < 1.29 is 9.90 Å². The van der Waals surface area contributed by atoms with Crippen molar-refractivity contribution in [2.24, 2.45) is 56.7 Å². The number of carbonyl (C=O) groups is 1. The number of aliphatic hydroxyl groups is 1. The van der Waals surface area contributed by atoms with Crippen molar-refractivity contribution in [2.45, 2.75) is 112 Å². The van der Waals surface area contributed by atoms with Gasteiger partial charge in [-0.2, -0.15) is 0 Å². The van der Waals surface area contributed by atoms with Crippen LogP contribution < -0.4 is 0 Å². The zero-order valence-electron chi connectivity index (χ0n) is 21.7. The monoisotopic (exact) mass is 440 g/mol. The molecular weight excluding hydrogens is 392 g/mol. The van der Waals surface area contributed by atoms with E-state index < -0.39 is 0 Å². The van der Waals surface area contributed by atoms with E-state index in [0.29, 0.717) is 39.9 Å². The van der Waals surface area contributed by atoms with Gasteiger partial charge in [0.05, 0.1) is 6.10 Å². The third kappa shape index (κ3) is 2.60. The Balaban J connectivity index is 1.56. The van der Waals surface area contributed by atoms with Crippen molar-refractivity contribution in [1.82, 2.24) is 0 Å². The van der Waals surface area contributed by atoms with E-state index in [1.165, 1.54) is 50.4 Å². The summed E-state index contributed by atoms with van der Waals surface area (Å²) in [4.78, 5) is 12.6. The zero-order chi connectivity index (χ0) is 23.3. The number of hydrogen-bond donors (Lipinski definition) is 1. The van der Waals surface area contributed by atoms with Crippen LogP contribution in [0.3, 0.4) is 0 Å². The smallest absolute Gasteiger partial charge is 0.126 e. The first-order valence-corrected chi connectivity index (χ1v) is 13.7. The summed E-state index contributed by atoms with van der Waals surface area (Å²) < 4.78 is 0. The first-order chi connectivity index (χ1) is 14.9. The highest BCUT2D eigenvalue weighted by atomic mass is 16.3. The summed E-state index contributed by atoms with van der Waals surface area (Å²) in [6.07, 6.45) is 13.1. The van der Waals surface area contributed by atoms with Crippen LogP contribution in [0.2, 0.25) is 0 Å². The van der Waals surface area contributed by atoms with E-state index >= 15 is 0 Å². The minimum Gasteiger partial charge on any atom is -0.393 e. The second kappa shape index (κ2) is 6.96. The first kappa shape index (κ1) is 23.1. The van der Waals surface area contributed by atoms with E-state index in [4.69, 9.17) is 0 Å². The number of carbonyl (C=O) groups excluding carboxylic acids is 1. The summed E-state index contributed by atoms with van der Waals surface area (Å²) in [5.41, 5.74) is 2.20. The van der Waals surface area contributed by atoms with Gasteiger partial charge >= 0.3 is 0 Å². The first-order valence-electron chi connectivity index (χ1n) is 13.7. The van der Waals surface area contributed by atoms with Crippen molar-refractivity contribution in [3.05, 3.63) is 12.2 Å². The lowest BCUT2D eigenvalue weighted by atomic mass is 9.32. The van der Waals surface area contributed by atoms with Gasteiger partial charge in [-0.05, 0) is 122 Å². The van der Waals surface area contributed by atoms with E-state index in [2.05, 4.69) is 48.1 Å². The van der Waals surface area contributed by atoms with Crippen LogP contribution in [-0.2, 0) is 4.79 Å². The van der Waals surface area contributed by atoms with Crippen LogP contribution >= 0.6 is 0 Å². The molecule has 5 saturated carbocycles.